The first-order valence-electron chi connectivity index (χ1n) is 8.15. The molecule has 0 aromatic carbocycles. The zero-order valence-corrected chi connectivity index (χ0v) is 16.9. The molecule has 1 saturated heterocycles. The Balaban J connectivity index is 0.00000121. The molecule has 0 radical (unpaired) electrons. The van der Waals surface area contributed by atoms with E-state index in [1.807, 2.05) is 36.8 Å². The third-order valence-electron chi connectivity index (χ3n) is 4.44. The van der Waals surface area contributed by atoms with Gasteiger partial charge in [0.25, 0.3) is 0 Å². The number of nitrogens with zero attached hydrogens (tertiary/aromatic N) is 3. The molecular weight excluding hydrogens is 391 g/mol. The molecule has 4 rings (SSSR count). The Hall–Kier alpha value is -1.44. The van der Waals surface area contributed by atoms with E-state index in [1.54, 1.807) is 11.3 Å². The van der Waals surface area contributed by atoms with Crippen molar-refractivity contribution in [3.63, 3.8) is 0 Å². The molecule has 140 valence electrons. The highest BCUT2D eigenvalue weighted by molar-refractivity contribution is 7.08. The van der Waals surface area contributed by atoms with Crippen LogP contribution in [-0.2, 0) is 6.54 Å². The number of thiophene rings is 1. The van der Waals surface area contributed by atoms with Gasteiger partial charge < -0.3 is 9.73 Å². The first kappa shape index (κ1) is 20.9. The molecule has 1 aliphatic rings. The summed E-state index contributed by atoms with van der Waals surface area (Å²) in [4.78, 5) is 11.5. The van der Waals surface area contributed by atoms with E-state index in [4.69, 9.17) is 9.40 Å². The molecule has 0 bridgehead atoms. The van der Waals surface area contributed by atoms with Gasteiger partial charge in [-0.05, 0) is 30.0 Å². The number of nitrogens with one attached hydrogen (secondary N) is 1. The predicted molar refractivity (Wildman–Crippen MR) is 109 cm³/mol. The highest BCUT2D eigenvalue weighted by atomic mass is 35.5. The molecule has 0 spiro atoms. The fourth-order valence-electron chi connectivity index (χ4n) is 3.11. The minimum absolute atomic E-state index is 0. The van der Waals surface area contributed by atoms with E-state index >= 15 is 0 Å². The zero-order chi connectivity index (χ0) is 16.4. The lowest BCUT2D eigenvalue weighted by Gasteiger charge is -2.35. The van der Waals surface area contributed by atoms with Crippen LogP contribution >= 0.6 is 36.2 Å². The number of hydrogen-bond donors (Lipinski definition) is 1. The number of hydrogen-bond acceptors (Lipinski definition) is 6. The molecule has 0 aliphatic carbocycles. The minimum Gasteiger partial charge on any atom is -0.441 e. The van der Waals surface area contributed by atoms with Crippen molar-refractivity contribution in [3.8, 4) is 11.5 Å². The van der Waals surface area contributed by atoms with Gasteiger partial charge in [-0.25, -0.2) is 4.98 Å². The van der Waals surface area contributed by atoms with Gasteiger partial charge in [0.1, 0.15) is 5.76 Å². The van der Waals surface area contributed by atoms with Gasteiger partial charge in [-0.1, -0.05) is 6.07 Å². The minimum atomic E-state index is 0. The lowest BCUT2D eigenvalue weighted by Crippen LogP contribution is -2.45. The van der Waals surface area contributed by atoms with Gasteiger partial charge in [-0.2, -0.15) is 11.3 Å². The van der Waals surface area contributed by atoms with Crippen molar-refractivity contribution in [1.29, 1.82) is 0 Å². The molecule has 0 saturated carbocycles. The Morgan fingerprint density at radius 3 is 2.96 bits per heavy atom. The van der Waals surface area contributed by atoms with E-state index in [9.17, 15) is 0 Å². The zero-order valence-electron chi connectivity index (χ0n) is 14.4. The largest absolute Gasteiger partial charge is 0.441 e. The van der Waals surface area contributed by atoms with Crippen molar-refractivity contribution < 1.29 is 4.42 Å². The van der Waals surface area contributed by atoms with E-state index < -0.39 is 0 Å². The summed E-state index contributed by atoms with van der Waals surface area (Å²) in [6.45, 7) is 5.70. The first-order valence-corrected chi connectivity index (χ1v) is 9.09. The van der Waals surface area contributed by atoms with Crippen molar-refractivity contribution in [3.05, 3.63) is 58.4 Å². The monoisotopic (exact) mass is 412 g/mol. The molecule has 26 heavy (non-hydrogen) atoms. The van der Waals surface area contributed by atoms with E-state index in [1.165, 1.54) is 5.56 Å². The number of aryl methyl sites for hydroxylation is 1. The van der Waals surface area contributed by atoms with E-state index in [0.29, 0.717) is 6.04 Å². The predicted octanol–water partition coefficient (Wildman–Crippen LogP) is 4.10. The van der Waals surface area contributed by atoms with Crippen LogP contribution in [-0.4, -0.2) is 34.5 Å². The summed E-state index contributed by atoms with van der Waals surface area (Å²) in [6, 6.07) is 6.50. The lowest BCUT2D eigenvalue weighted by molar-refractivity contribution is 0.151. The number of halogens is 2. The molecule has 1 N–H and O–H groups in total. The molecule has 0 amide bonds. The Morgan fingerprint density at radius 1 is 1.35 bits per heavy atom. The van der Waals surface area contributed by atoms with Crippen LogP contribution in [0.15, 0.2) is 45.8 Å². The highest BCUT2D eigenvalue weighted by Gasteiger charge is 2.26. The summed E-state index contributed by atoms with van der Waals surface area (Å²) in [5, 5.41) is 7.59. The SMILES string of the molecule is Cc1oc(-c2ccsc2)nc1CN1CCNCC1c1cccnc1.Cl.Cl. The van der Waals surface area contributed by atoms with Gasteiger partial charge in [0.15, 0.2) is 0 Å². The van der Waals surface area contributed by atoms with Crippen molar-refractivity contribution >= 4 is 36.2 Å². The second-order valence-electron chi connectivity index (χ2n) is 6.01. The Morgan fingerprint density at radius 2 is 2.23 bits per heavy atom. The fraction of sp³-hybridized carbons (Fsp3) is 0.333. The van der Waals surface area contributed by atoms with Crippen LogP contribution in [0, 0.1) is 6.92 Å². The average Bonchev–Trinajstić information content (AvgIpc) is 3.27. The van der Waals surface area contributed by atoms with Crippen molar-refractivity contribution in [1.82, 2.24) is 20.2 Å². The number of piperazine rings is 1. The van der Waals surface area contributed by atoms with Gasteiger partial charge in [-0.15, -0.1) is 24.8 Å². The second kappa shape index (κ2) is 9.48. The maximum atomic E-state index is 5.88. The molecular formula is C18H22Cl2N4OS. The standard InChI is InChI=1S/C18H20N4OS.2ClH/c1-13-16(21-18(23-13)15-4-8-24-12-15)11-22-7-6-20-10-17(22)14-3-2-5-19-9-14;;/h2-5,8-9,12,17,20H,6-7,10-11H2,1H3;2*1H. The third kappa shape index (κ3) is 4.45. The quantitative estimate of drug-likeness (QED) is 0.698. The van der Waals surface area contributed by atoms with Crippen LogP contribution in [0.5, 0.6) is 0 Å². The van der Waals surface area contributed by atoms with Crippen LogP contribution in [0.25, 0.3) is 11.5 Å². The van der Waals surface area contributed by atoms with Crippen LogP contribution in [0.1, 0.15) is 23.1 Å². The summed E-state index contributed by atoms with van der Waals surface area (Å²) in [5.41, 5.74) is 3.31. The maximum absolute atomic E-state index is 5.88. The third-order valence-corrected chi connectivity index (χ3v) is 5.12. The molecule has 3 aromatic heterocycles. The maximum Gasteiger partial charge on any atom is 0.227 e. The molecule has 8 heteroatoms. The summed E-state index contributed by atoms with van der Waals surface area (Å²) in [7, 11) is 0. The first-order chi connectivity index (χ1) is 11.8. The van der Waals surface area contributed by atoms with E-state index in [0.717, 1.165) is 49.1 Å². The van der Waals surface area contributed by atoms with Gasteiger partial charge in [0, 0.05) is 55.6 Å². The molecule has 1 aliphatic heterocycles. The number of oxazole rings is 1. The summed E-state index contributed by atoms with van der Waals surface area (Å²) < 4.78 is 5.88. The second-order valence-corrected chi connectivity index (χ2v) is 6.79. The summed E-state index contributed by atoms with van der Waals surface area (Å²) in [6.07, 6.45) is 3.77. The number of pyridine rings is 1. The van der Waals surface area contributed by atoms with E-state index in [-0.39, 0.29) is 24.8 Å². The van der Waals surface area contributed by atoms with Gasteiger partial charge in [-0.3, -0.25) is 9.88 Å². The lowest BCUT2D eigenvalue weighted by atomic mass is 10.1. The topological polar surface area (TPSA) is 54.2 Å². The van der Waals surface area contributed by atoms with Crippen LogP contribution in [0.2, 0.25) is 0 Å². The number of rotatable bonds is 4. The Labute approximate surface area is 169 Å². The average molecular weight is 413 g/mol. The Bertz CT molecular complexity index is 795. The molecule has 1 fully saturated rings. The molecule has 3 aromatic rings. The molecule has 5 nitrogen and oxygen atoms in total. The number of aromatic nitrogens is 2. The highest BCUT2D eigenvalue weighted by Crippen LogP contribution is 2.27. The molecule has 1 unspecified atom stereocenters. The van der Waals surface area contributed by atoms with Crippen molar-refractivity contribution in [2.24, 2.45) is 0 Å². The molecule has 4 heterocycles. The van der Waals surface area contributed by atoms with Crippen molar-refractivity contribution in [2.75, 3.05) is 19.6 Å². The van der Waals surface area contributed by atoms with Crippen LogP contribution < -0.4 is 5.32 Å². The molecule has 1 atom stereocenters. The van der Waals surface area contributed by atoms with Crippen molar-refractivity contribution in [2.45, 2.75) is 19.5 Å². The van der Waals surface area contributed by atoms with Gasteiger partial charge >= 0.3 is 0 Å². The fourth-order valence-corrected chi connectivity index (χ4v) is 3.74. The normalized spacial score (nSPS) is 17.3. The van der Waals surface area contributed by atoms with E-state index in [2.05, 4.69) is 26.6 Å². The van der Waals surface area contributed by atoms with Gasteiger partial charge in [0.05, 0.1) is 5.69 Å². The van der Waals surface area contributed by atoms with Crippen LogP contribution in [0.3, 0.4) is 0 Å². The Kier molecular flexibility index (Phi) is 7.61. The summed E-state index contributed by atoms with van der Waals surface area (Å²) in [5.74, 6) is 1.62. The van der Waals surface area contributed by atoms with Gasteiger partial charge in [0.2, 0.25) is 5.89 Å². The van der Waals surface area contributed by atoms with Crippen LogP contribution in [0.4, 0.5) is 0 Å². The smallest absolute Gasteiger partial charge is 0.227 e. The summed E-state index contributed by atoms with van der Waals surface area (Å²) >= 11 is 1.66.